The Hall–Kier alpha value is -2.62. The van der Waals surface area contributed by atoms with E-state index in [1.165, 1.54) is 12.1 Å². The number of benzene rings is 2. The van der Waals surface area contributed by atoms with Crippen molar-refractivity contribution in [1.82, 2.24) is 4.57 Å². The number of aryl methyl sites for hydroxylation is 1. The van der Waals surface area contributed by atoms with Crippen molar-refractivity contribution in [2.75, 3.05) is 0 Å². The highest BCUT2D eigenvalue weighted by Crippen LogP contribution is 2.26. The van der Waals surface area contributed by atoms with Crippen LogP contribution in [0.5, 0.6) is 0 Å². The van der Waals surface area contributed by atoms with Gasteiger partial charge in [-0.15, -0.1) is 0 Å². The number of halogens is 1. The van der Waals surface area contributed by atoms with E-state index >= 15 is 0 Å². The van der Waals surface area contributed by atoms with Crippen LogP contribution in [0.2, 0.25) is 0 Å². The number of nitrogens with zero attached hydrogens (tertiary/aromatic N) is 1. The molecule has 0 spiro atoms. The average Bonchev–Trinajstić information content (AvgIpc) is 2.73. The summed E-state index contributed by atoms with van der Waals surface area (Å²) in [7, 11) is 0. The van der Waals surface area contributed by atoms with Gasteiger partial charge in [0.1, 0.15) is 11.5 Å². The van der Waals surface area contributed by atoms with Gasteiger partial charge in [0.2, 0.25) is 0 Å². The SMILES string of the molecule is Cc1c(C(N)=O)n(Cc2cccc(F)c2)c2ccccc12. The first-order valence-corrected chi connectivity index (χ1v) is 6.70. The normalized spacial score (nSPS) is 11.0. The molecule has 3 nitrogen and oxygen atoms in total. The summed E-state index contributed by atoms with van der Waals surface area (Å²) in [6, 6.07) is 14.1. The molecule has 1 heterocycles. The molecule has 3 rings (SSSR count). The Balaban J connectivity index is 2.21. The topological polar surface area (TPSA) is 48.0 Å². The predicted molar refractivity (Wildman–Crippen MR) is 80.7 cm³/mol. The summed E-state index contributed by atoms with van der Waals surface area (Å²) < 4.78 is 15.2. The Morgan fingerprint density at radius 1 is 1.19 bits per heavy atom. The fraction of sp³-hybridized carbons (Fsp3) is 0.118. The van der Waals surface area contributed by atoms with E-state index in [1.807, 2.05) is 41.8 Å². The summed E-state index contributed by atoms with van der Waals surface area (Å²) in [5.74, 6) is -0.763. The van der Waals surface area contributed by atoms with Crippen molar-refractivity contribution < 1.29 is 9.18 Å². The molecule has 0 aliphatic heterocycles. The fourth-order valence-electron chi connectivity index (χ4n) is 2.78. The lowest BCUT2D eigenvalue weighted by Crippen LogP contribution is -2.18. The van der Waals surface area contributed by atoms with Crippen molar-refractivity contribution >= 4 is 16.8 Å². The molecule has 0 aliphatic carbocycles. The molecule has 0 unspecified atom stereocenters. The first-order chi connectivity index (χ1) is 10.1. The molecule has 106 valence electrons. The van der Waals surface area contributed by atoms with Crippen LogP contribution in [0.25, 0.3) is 10.9 Å². The standard InChI is InChI=1S/C17H15FN2O/c1-11-14-7-2-3-8-15(14)20(16(11)17(19)21)10-12-5-4-6-13(18)9-12/h2-9H,10H2,1H3,(H2,19,21). The summed E-state index contributed by atoms with van der Waals surface area (Å²) >= 11 is 0. The second kappa shape index (κ2) is 5.05. The molecule has 0 aliphatic rings. The summed E-state index contributed by atoms with van der Waals surface area (Å²) in [5, 5.41) is 0.989. The van der Waals surface area contributed by atoms with Crippen LogP contribution >= 0.6 is 0 Å². The first-order valence-electron chi connectivity index (χ1n) is 6.70. The average molecular weight is 282 g/mol. The highest BCUT2D eigenvalue weighted by molar-refractivity contribution is 6.00. The van der Waals surface area contributed by atoms with E-state index in [0.29, 0.717) is 12.2 Å². The van der Waals surface area contributed by atoms with Crippen LogP contribution in [-0.4, -0.2) is 10.5 Å². The number of primary amides is 1. The molecule has 2 aromatic carbocycles. The zero-order valence-electron chi connectivity index (χ0n) is 11.6. The Bertz CT molecular complexity index is 836. The molecule has 0 radical (unpaired) electrons. The summed E-state index contributed by atoms with van der Waals surface area (Å²) in [4.78, 5) is 11.8. The molecule has 1 amide bonds. The van der Waals surface area contributed by atoms with Gasteiger partial charge >= 0.3 is 0 Å². The van der Waals surface area contributed by atoms with Crippen molar-refractivity contribution in [2.24, 2.45) is 5.73 Å². The van der Waals surface area contributed by atoms with Crippen molar-refractivity contribution in [3.8, 4) is 0 Å². The van der Waals surface area contributed by atoms with E-state index in [-0.39, 0.29) is 5.82 Å². The highest BCUT2D eigenvalue weighted by Gasteiger charge is 2.18. The summed E-state index contributed by atoms with van der Waals surface area (Å²) in [5.41, 5.74) is 8.57. The maximum Gasteiger partial charge on any atom is 0.265 e. The van der Waals surface area contributed by atoms with Crippen molar-refractivity contribution in [3.63, 3.8) is 0 Å². The van der Waals surface area contributed by atoms with E-state index in [2.05, 4.69) is 0 Å². The largest absolute Gasteiger partial charge is 0.364 e. The van der Waals surface area contributed by atoms with E-state index in [1.54, 1.807) is 6.07 Å². The minimum absolute atomic E-state index is 0.290. The van der Waals surface area contributed by atoms with Crippen LogP contribution in [0.4, 0.5) is 4.39 Å². The molecule has 1 aromatic heterocycles. The van der Waals surface area contributed by atoms with Crippen LogP contribution in [0, 0.1) is 12.7 Å². The molecule has 4 heteroatoms. The third-order valence-corrected chi connectivity index (χ3v) is 3.69. The molecule has 21 heavy (non-hydrogen) atoms. The van der Waals surface area contributed by atoms with Gasteiger partial charge in [-0.25, -0.2) is 4.39 Å². The van der Waals surface area contributed by atoms with Gasteiger partial charge in [-0.3, -0.25) is 4.79 Å². The first kappa shape index (κ1) is 13.4. The minimum atomic E-state index is -0.472. The Kier molecular flexibility index (Phi) is 3.22. The second-order valence-corrected chi connectivity index (χ2v) is 5.07. The minimum Gasteiger partial charge on any atom is -0.364 e. The number of rotatable bonds is 3. The predicted octanol–water partition coefficient (Wildman–Crippen LogP) is 3.24. The molecule has 0 fully saturated rings. The summed E-state index contributed by atoms with van der Waals surface area (Å²) in [6.07, 6.45) is 0. The number of carbonyl (C=O) groups excluding carboxylic acids is 1. The van der Waals surface area contributed by atoms with Crippen molar-refractivity contribution in [1.29, 1.82) is 0 Å². The Labute approximate surface area is 121 Å². The van der Waals surface area contributed by atoms with Crippen molar-refractivity contribution in [2.45, 2.75) is 13.5 Å². The number of carbonyl (C=O) groups is 1. The van der Waals surface area contributed by atoms with E-state index in [0.717, 1.165) is 22.0 Å². The maximum absolute atomic E-state index is 13.3. The van der Waals surface area contributed by atoms with Crippen LogP contribution in [0.3, 0.4) is 0 Å². The number of hydrogen-bond donors (Lipinski definition) is 1. The van der Waals surface area contributed by atoms with Gasteiger partial charge in [0.05, 0.1) is 0 Å². The smallest absolute Gasteiger partial charge is 0.265 e. The van der Waals surface area contributed by atoms with Crippen LogP contribution < -0.4 is 5.73 Å². The lowest BCUT2D eigenvalue weighted by atomic mass is 10.1. The molecular formula is C17H15FN2O. The molecule has 2 N–H and O–H groups in total. The van der Waals surface area contributed by atoms with Gasteiger partial charge in [0, 0.05) is 17.4 Å². The quantitative estimate of drug-likeness (QED) is 0.787. The molecule has 0 bridgehead atoms. The second-order valence-electron chi connectivity index (χ2n) is 5.07. The van der Waals surface area contributed by atoms with Crippen LogP contribution in [-0.2, 0) is 6.54 Å². The van der Waals surface area contributed by atoms with Gasteiger partial charge in [-0.05, 0) is 36.2 Å². The summed E-state index contributed by atoms with van der Waals surface area (Å²) in [6.45, 7) is 2.29. The zero-order chi connectivity index (χ0) is 15.0. The number of aromatic nitrogens is 1. The number of hydrogen-bond acceptors (Lipinski definition) is 1. The van der Waals surface area contributed by atoms with Gasteiger partial charge in [0.25, 0.3) is 5.91 Å². The van der Waals surface area contributed by atoms with E-state index < -0.39 is 5.91 Å². The van der Waals surface area contributed by atoms with Gasteiger partial charge < -0.3 is 10.3 Å². The lowest BCUT2D eigenvalue weighted by Gasteiger charge is -2.09. The van der Waals surface area contributed by atoms with Gasteiger partial charge in [-0.1, -0.05) is 30.3 Å². The maximum atomic E-state index is 13.3. The monoisotopic (exact) mass is 282 g/mol. The third-order valence-electron chi connectivity index (χ3n) is 3.69. The molecule has 0 saturated carbocycles. The third kappa shape index (κ3) is 2.29. The molecular weight excluding hydrogens is 267 g/mol. The number of nitrogens with two attached hydrogens (primary N) is 1. The number of para-hydroxylation sites is 1. The Morgan fingerprint density at radius 3 is 2.67 bits per heavy atom. The zero-order valence-corrected chi connectivity index (χ0v) is 11.6. The van der Waals surface area contributed by atoms with E-state index in [9.17, 15) is 9.18 Å². The lowest BCUT2D eigenvalue weighted by molar-refractivity contribution is 0.0991. The molecule has 3 aromatic rings. The van der Waals surface area contributed by atoms with Gasteiger partial charge in [-0.2, -0.15) is 0 Å². The fourth-order valence-corrected chi connectivity index (χ4v) is 2.78. The highest BCUT2D eigenvalue weighted by atomic mass is 19.1. The van der Waals surface area contributed by atoms with Gasteiger partial charge in [0.15, 0.2) is 0 Å². The van der Waals surface area contributed by atoms with Crippen molar-refractivity contribution in [3.05, 3.63) is 71.2 Å². The molecule has 0 saturated heterocycles. The Morgan fingerprint density at radius 2 is 1.95 bits per heavy atom. The van der Waals surface area contributed by atoms with E-state index in [4.69, 9.17) is 5.73 Å². The van der Waals surface area contributed by atoms with Crippen LogP contribution in [0.1, 0.15) is 21.6 Å². The number of amides is 1. The van der Waals surface area contributed by atoms with Crippen LogP contribution in [0.15, 0.2) is 48.5 Å². The molecule has 0 atom stereocenters. The number of fused-ring (bicyclic) bond motifs is 1.